The van der Waals surface area contributed by atoms with Crippen LogP contribution in [0.2, 0.25) is 0 Å². The number of benzene rings is 1. The molecule has 106 valence electrons. The summed E-state index contributed by atoms with van der Waals surface area (Å²) >= 11 is 0. The topological polar surface area (TPSA) is 75.6 Å². The van der Waals surface area contributed by atoms with Gasteiger partial charge in [-0.2, -0.15) is 0 Å². The number of rotatable bonds is 4. The molecule has 0 aliphatic rings. The first-order valence-corrected chi connectivity index (χ1v) is 5.30. The van der Waals surface area contributed by atoms with Gasteiger partial charge in [-0.25, -0.2) is 8.78 Å². The third-order valence-electron chi connectivity index (χ3n) is 1.77. The minimum atomic E-state index is -0.870. The van der Waals surface area contributed by atoms with Gasteiger partial charge >= 0.3 is 0 Å². The van der Waals surface area contributed by atoms with Gasteiger partial charge in [0.25, 0.3) is 11.9 Å². The highest BCUT2D eigenvalue weighted by Gasteiger charge is 2.11. The highest BCUT2D eigenvalue weighted by molar-refractivity contribution is 5.94. The maximum atomic E-state index is 13.1. The van der Waals surface area contributed by atoms with Gasteiger partial charge in [-0.3, -0.25) is 9.59 Å². The molecule has 5 nitrogen and oxygen atoms in total. The van der Waals surface area contributed by atoms with Crippen molar-refractivity contribution in [1.29, 1.82) is 0 Å². The summed E-state index contributed by atoms with van der Waals surface area (Å²) in [6.07, 6.45) is 0. The van der Waals surface area contributed by atoms with Gasteiger partial charge in [0, 0.05) is 26.6 Å². The fourth-order valence-corrected chi connectivity index (χ4v) is 1.04. The number of nitrogens with one attached hydrogen (secondary N) is 1. The standard InChI is InChI=1S/C10H11F2NO2.C2H4O2/c1-15-5-4-13-10(14)8-3-2-7(11)6-9(8)12;1-2(3)4/h2-3,6H,4-5H2,1H3,(H,13,14);1H3,(H,3,4). The lowest BCUT2D eigenvalue weighted by atomic mass is 10.2. The molecule has 1 aromatic carbocycles. The van der Waals surface area contributed by atoms with Crippen LogP contribution in [0.1, 0.15) is 17.3 Å². The first-order valence-electron chi connectivity index (χ1n) is 5.30. The van der Waals surface area contributed by atoms with Gasteiger partial charge in [-0.1, -0.05) is 0 Å². The monoisotopic (exact) mass is 275 g/mol. The molecule has 0 aromatic heterocycles. The van der Waals surface area contributed by atoms with Gasteiger partial charge in [0.05, 0.1) is 12.2 Å². The molecule has 1 amide bonds. The number of amides is 1. The van der Waals surface area contributed by atoms with Crippen molar-refractivity contribution in [1.82, 2.24) is 5.32 Å². The van der Waals surface area contributed by atoms with E-state index in [2.05, 4.69) is 5.32 Å². The van der Waals surface area contributed by atoms with E-state index in [1.165, 1.54) is 7.11 Å². The first-order chi connectivity index (χ1) is 8.88. The molecule has 0 saturated heterocycles. The molecule has 0 bridgehead atoms. The Bertz CT molecular complexity index is 434. The van der Waals surface area contributed by atoms with E-state index in [9.17, 15) is 13.6 Å². The Balaban J connectivity index is 0.000000711. The fraction of sp³-hybridized carbons (Fsp3) is 0.333. The van der Waals surface area contributed by atoms with E-state index in [1.807, 2.05) is 0 Å². The van der Waals surface area contributed by atoms with E-state index in [1.54, 1.807) is 0 Å². The Labute approximate surface area is 109 Å². The zero-order valence-corrected chi connectivity index (χ0v) is 10.6. The van der Waals surface area contributed by atoms with Gasteiger partial charge in [-0.05, 0) is 12.1 Å². The summed E-state index contributed by atoms with van der Waals surface area (Å²) in [6.45, 7) is 1.71. The maximum Gasteiger partial charge on any atom is 0.300 e. The largest absolute Gasteiger partial charge is 0.481 e. The van der Waals surface area contributed by atoms with Gasteiger partial charge in [0.15, 0.2) is 0 Å². The molecule has 0 spiro atoms. The van der Waals surface area contributed by atoms with E-state index in [4.69, 9.17) is 14.6 Å². The molecule has 1 aromatic rings. The zero-order valence-electron chi connectivity index (χ0n) is 10.6. The van der Waals surface area contributed by atoms with Crippen LogP contribution in [0.5, 0.6) is 0 Å². The summed E-state index contributed by atoms with van der Waals surface area (Å²) in [5.74, 6) is -2.99. The smallest absolute Gasteiger partial charge is 0.300 e. The van der Waals surface area contributed by atoms with Gasteiger partial charge in [0.1, 0.15) is 11.6 Å². The Morgan fingerprint density at radius 3 is 2.42 bits per heavy atom. The van der Waals surface area contributed by atoms with E-state index in [-0.39, 0.29) is 12.1 Å². The van der Waals surface area contributed by atoms with Crippen LogP contribution >= 0.6 is 0 Å². The third-order valence-corrected chi connectivity index (χ3v) is 1.77. The predicted molar refractivity (Wildman–Crippen MR) is 63.9 cm³/mol. The first kappa shape index (κ1) is 17.0. The normalized spacial score (nSPS) is 9.26. The van der Waals surface area contributed by atoms with Crippen LogP contribution in [0, 0.1) is 11.6 Å². The van der Waals surface area contributed by atoms with Crippen molar-refractivity contribution >= 4 is 11.9 Å². The number of carboxylic acids is 1. The van der Waals surface area contributed by atoms with Crippen LogP contribution in [-0.2, 0) is 9.53 Å². The van der Waals surface area contributed by atoms with E-state index < -0.39 is 23.5 Å². The lowest BCUT2D eigenvalue weighted by Gasteiger charge is -2.05. The average molecular weight is 275 g/mol. The molecular weight excluding hydrogens is 260 g/mol. The van der Waals surface area contributed by atoms with Crippen molar-refractivity contribution in [3.63, 3.8) is 0 Å². The Kier molecular flexibility index (Phi) is 8.03. The Morgan fingerprint density at radius 1 is 1.37 bits per heavy atom. The maximum absolute atomic E-state index is 13.1. The molecule has 19 heavy (non-hydrogen) atoms. The average Bonchev–Trinajstić information content (AvgIpc) is 2.28. The van der Waals surface area contributed by atoms with Crippen LogP contribution < -0.4 is 5.32 Å². The highest BCUT2D eigenvalue weighted by Crippen LogP contribution is 2.08. The van der Waals surface area contributed by atoms with Crippen LogP contribution in [0.15, 0.2) is 18.2 Å². The number of ether oxygens (including phenoxy) is 1. The van der Waals surface area contributed by atoms with Crippen LogP contribution in [0.4, 0.5) is 8.78 Å². The summed E-state index contributed by atoms with van der Waals surface area (Å²) in [6, 6.07) is 2.81. The third kappa shape index (κ3) is 7.82. The predicted octanol–water partition coefficient (Wildman–Crippen LogP) is 1.43. The molecule has 0 heterocycles. The van der Waals surface area contributed by atoms with Gasteiger partial charge in [-0.15, -0.1) is 0 Å². The van der Waals surface area contributed by atoms with Crippen molar-refractivity contribution in [2.75, 3.05) is 20.3 Å². The van der Waals surface area contributed by atoms with Crippen molar-refractivity contribution < 1.29 is 28.2 Å². The molecule has 2 N–H and O–H groups in total. The number of carbonyl (C=O) groups excluding carboxylic acids is 1. The lowest BCUT2D eigenvalue weighted by Crippen LogP contribution is -2.27. The molecule has 0 aliphatic heterocycles. The number of methoxy groups -OCH3 is 1. The van der Waals surface area contributed by atoms with Crippen molar-refractivity contribution in [3.8, 4) is 0 Å². The SMILES string of the molecule is CC(=O)O.COCCNC(=O)c1ccc(F)cc1F. The second-order valence-electron chi connectivity index (χ2n) is 3.39. The molecule has 0 atom stereocenters. The van der Waals surface area contributed by atoms with Crippen LogP contribution in [0.3, 0.4) is 0 Å². The van der Waals surface area contributed by atoms with Crippen LogP contribution in [0.25, 0.3) is 0 Å². The van der Waals surface area contributed by atoms with Crippen LogP contribution in [-0.4, -0.2) is 37.2 Å². The van der Waals surface area contributed by atoms with Crippen molar-refractivity contribution in [2.24, 2.45) is 0 Å². The molecule has 7 heteroatoms. The lowest BCUT2D eigenvalue weighted by molar-refractivity contribution is -0.134. The van der Waals surface area contributed by atoms with Gasteiger partial charge < -0.3 is 15.2 Å². The number of halogens is 2. The Morgan fingerprint density at radius 2 is 1.95 bits per heavy atom. The highest BCUT2D eigenvalue weighted by atomic mass is 19.1. The second kappa shape index (κ2) is 8.98. The quantitative estimate of drug-likeness (QED) is 0.815. The van der Waals surface area contributed by atoms with Gasteiger partial charge in [0.2, 0.25) is 0 Å². The number of hydrogen-bond acceptors (Lipinski definition) is 3. The van der Waals surface area contributed by atoms with Crippen molar-refractivity contribution in [3.05, 3.63) is 35.4 Å². The molecule has 0 fully saturated rings. The summed E-state index contributed by atoms with van der Waals surface area (Å²) in [7, 11) is 1.49. The Hall–Kier alpha value is -2.02. The summed E-state index contributed by atoms with van der Waals surface area (Å²) in [5, 5.41) is 9.85. The molecule has 1 rings (SSSR count). The molecule has 0 aliphatic carbocycles. The fourth-order valence-electron chi connectivity index (χ4n) is 1.04. The van der Waals surface area contributed by atoms with E-state index >= 15 is 0 Å². The number of hydrogen-bond donors (Lipinski definition) is 2. The summed E-state index contributed by atoms with van der Waals surface area (Å²) in [5.41, 5.74) is -0.174. The molecular formula is C12H15F2NO4. The zero-order chi connectivity index (χ0) is 14.8. The van der Waals surface area contributed by atoms with E-state index in [0.29, 0.717) is 12.7 Å². The van der Waals surface area contributed by atoms with Crippen molar-refractivity contribution in [2.45, 2.75) is 6.92 Å². The second-order valence-corrected chi connectivity index (χ2v) is 3.39. The summed E-state index contributed by atoms with van der Waals surface area (Å²) in [4.78, 5) is 20.3. The summed E-state index contributed by atoms with van der Waals surface area (Å²) < 4.78 is 30.3. The number of aliphatic carboxylic acids is 1. The molecule has 0 saturated carbocycles. The number of carboxylic acid groups (broad SMARTS) is 1. The molecule has 0 unspecified atom stereocenters. The minimum Gasteiger partial charge on any atom is -0.481 e. The minimum absolute atomic E-state index is 0.174. The molecule has 0 radical (unpaired) electrons. The van der Waals surface area contributed by atoms with E-state index in [0.717, 1.165) is 19.1 Å². The number of carbonyl (C=O) groups is 2.